The van der Waals surface area contributed by atoms with Crippen LogP contribution in [0.2, 0.25) is 0 Å². The van der Waals surface area contributed by atoms with Gasteiger partial charge in [0, 0.05) is 16.2 Å². The SMILES string of the molecule is CC1(C)CCC(NCC(=O)Nc2ccc(Br)cc2)C1. The van der Waals surface area contributed by atoms with Gasteiger partial charge in [0.2, 0.25) is 5.91 Å². The highest BCUT2D eigenvalue weighted by atomic mass is 79.9. The number of carbonyl (C=O) groups is 1. The van der Waals surface area contributed by atoms with Crippen LogP contribution in [-0.4, -0.2) is 18.5 Å². The van der Waals surface area contributed by atoms with Gasteiger partial charge in [-0.15, -0.1) is 0 Å². The van der Waals surface area contributed by atoms with Crippen molar-refractivity contribution in [2.75, 3.05) is 11.9 Å². The molecule has 1 amide bonds. The second-order valence-electron chi connectivity index (χ2n) is 6.04. The van der Waals surface area contributed by atoms with E-state index < -0.39 is 0 Å². The van der Waals surface area contributed by atoms with E-state index in [2.05, 4.69) is 40.4 Å². The number of amides is 1. The Hall–Kier alpha value is -0.870. The van der Waals surface area contributed by atoms with E-state index in [4.69, 9.17) is 0 Å². The van der Waals surface area contributed by atoms with E-state index in [1.807, 2.05) is 24.3 Å². The molecule has 0 heterocycles. The van der Waals surface area contributed by atoms with E-state index in [1.165, 1.54) is 12.8 Å². The predicted octanol–water partition coefficient (Wildman–Crippen LogP) is 3.56. The van der Waals surface area contributed by atoms with Crippen molar-refractivity contribution in [3.05, 3.63) is 28.7 Å². The molecule has 0 spiro atoms. The number of halogens is 1. The maximum absolute atomic E-state index is 11.8. The zero-order valence-electron chi connectivity index (χ0n) is 11.5. The Morgan fingerprint density at radius 2 is 2.05 bits per heavy atom. The highest BCUT2D eigenvalue weighted by Gasteiger charge is 2.30. The van der Waals surface area contributed by atoms with Crippen LogP contribution >= 0.6 is 15.9 Å². The van der Waals surface area contributed by atoms with Crippen LogP contribution in [0, 0.1) is 5.41 Å². The molecule has 0 bridgehead atoms. The van der Waals surface area contributed by atoms with Crippen LogP contribution in [0.25, 0.3) is 0 Å². The van der Waals surface area contributed by atoms with Crippen molar-refractivity contribution in [1.29, 1.82) is 0 Å². The molecule has 0 saturated heterocycles. The van der Waals surface area contributed by atoms with Gasteiger partial charge in [-0.05, 0) is 48.9 Å². The minimum absolute atomic E-state index is 0.0204. The van der Waals surface area contributed by atoms with Crippen LogP contribution in [-0.2, 0) is 4.79 Å². The van der Waals surface area contributed by atoms with Crippen LogP contribution < -0.4 is 10.6 Å². The van der Waals surface area contributed by atoms with Crippen molar-refractivity contribution in [2.45, 2.75) is 39.2 Å². The third-order valence-corrected chi connectivity index (χ3v) is 4.18. The zero-order valence-corrected chi connectivity index (χ0v) is 13.1. The number of rotatable bonds is 4. The summed E-state index contributed by atoms with van der Waals surface area (Å²) in [5, 5.41) is 6.24. The lowest BCUT2D eigenvalue weighted by Gasteiger charge is -2.17. The lowest BCUT2D eigenvalue weighted by atomic mass is 9.92. The predicted molar refractivity (Wildman–Crippen MR) is 82.2 cm³/mol. The number of carbonyl (C=O) groups excluding carboxylic acids is 1. The van der Waals surface area contributed by atoms with Crippen molar-refractivity contribution < 1.29 is 4.79 Å². The number of hydrogen-bond donors (Lipinski definition) is 2. The van der Waals surface area contributed by atoms with Gasteiger partial charge in [0.25, 0.3) is 0 Å². The van der Waals surface area contributed by atoms with E-state index in [1.54, 1.807) is 0 Å². The van der Waals surface area contributed by atoms with E-state index >= 15 is 0 Å². The molecule has 1 aliphatic rings. The Morgan fingerprint density at radius 1 is 1.37 bits per heavy atom. The average Bonchev–Trinajstić information content (AvgIpc) is 2.69. The molecule has 1 saturated carbocycles. The van der Waals surface area contributed by atoms with Crippen molar-refractivity contribution >= 4 is 27.5 Å². The Balaban J connectivity index is 1.75. The molecule has 2 N–H and O–H groups in total. The van der Waals surface area contributed by atoms with Crippen molar-refractivity contribution in [1.82, 2.24) is 5.32 Å². The molecule has 1 aromatic rings. The molecule has 1 unspecified atom stereocenters. The zero-order chi connectivity index (χ0) is 13.9. The first kappa shape index (κ1) is 14.5. The fourth-order valence-electron chi connectivity index (χ4n) is 2.59. The number of hydrogen-bond acceptors (Lipinski definition) is 2. The Bertz CT molecular complexity index is 442. The lowest BCUT2D eigenvalue weighted by molar-refractivity contribution is -0.115. The minimum atomic E-state index is 0.0204. The molecule has 3 nitrogen and oxygen atoms in total. The monoisotopic (exact) mass is 324 g/mol. The molecule has 0 radical (unpaired) electrons. The molecule has 4 heteroatoms. The molecule has 1 aliphatic carbocycles. The summed E-state index contributed by atoms with van der Waals surface area (Å²) in [6, 6.07) is 8.09. The second kappa shape index (κ2) is 6.06. The largest absolute Gasteiger partial charge is 0.325 e. The fraction of sp³-hybridized carbons (Fsp3) is 0.533. The first-order valence-corrected chi connectivity index (χ1v) is 7.53. The highest BCUT2D eigenvalue weighted by molar-refractivity contribution is 9.10. The summed E-state index contributed by atoms with van der Waals surface area (Å²) >= 11 is 3.37. The summed E-state index contributed by atoms with van der Waals surface area (Å²) in [5.41, 5.74) is 1.25. The van der Waals surface area contributed by atoms with Crippen LogP contribution in [0.15, 0.2) is 28.7 Å². The minimum Gasteiger partial charge on any atom is -0.325 e. The average molecular weight is 325 g/mol. The molecular weight excluding hydrogens is 304 g/mol. The molecule has 0 aliphatic heterocycles. The number of benzene rings is 1. The van der Waals surface area contributed by atoms with Gasteiger partial charge in [0.05, 0.1) is 6.54 Å². The molecule has 1 atom stereocenters. The Labute approximate surface area is 123 Å². The van der Waals surface area contributed by atoms with Crippen LogP contribution in [0.4, 0.5) is 5.69 Å². The van der Waals surface area contributed by atoms with Gasteiger partial charge in [-0.2, -0.15) is 0 Å². The molecule has 2 rings (SSSR count). The van der Waals surface area contributed by atoms with Crippen molar-refractivity contribution in [3.8, 4) is 0 Å². The maximum Gasteiger partial charge on any atom is 0.238 e. The lowest BCUT2D eigenvalue weighted by Crippen LogP contribution is -2.35. The number of nitrogens with one attached hydrogen (secondary N) is 2. The topological polar surface area (TPSA) is 41.1 Å². The summed E-state index contributed by atoms with van der Waals surface area (Å²) in [4.78, 5) is 11.8. The number of anilines is 1. The van der Waals surface area contributed by atoms with Gasteiger partial charge in [0.1, 0.15) is 0 Å². The summed E-state index contributed by atoms with van der Waals surface area (Å²) < 4.78 is 1.01. The molecule has 19 heavy (non-hydrogen) atoms. The van der Waals surface area contributed by atoms with E-state index in [0.29, 0.717) is 18.0 Å². The van der Waals surface area contributed by atoms with Gasteiger partial charge in [-0.3, -0.25) is 4.79 Å². The van der Waals surface area contributed by atoms with Crippen molar-refractivity contribution in [3.63, 3.8) is 0 Å². The van der Waals surface area contributed by atoms with E-state index in [-0.39, 0.29) is 5.91 Å². The smallest absolute Gasteiger partial charge is 0.238 e. The summed E-state index contributed by atoms with van der Waals surface area (Å²) in [6.07, 6.45) is 3.55. The Kier molecular flexibility index (Phi) is 4.63. The fourth-order valence-corrected chi connectivity index (χ4v) is 2.85. The standard InChI is InChI=1S/C15H21BrN2O/c1-15(2)8-7-13(9-15)17-10-14(19)18-12-5-3-11(16)4-6-12/h3-6,13,17H,7-10H2,1-2H3,(H,18,19). The van der Waals surface area contributed by atoms with Gasteiger partial charge >= 0.3 is 0 Å². The van der Waals surface area contributed by atoms with Crippen LogP contribution in [0.5, 0.6) is 0 Å². The van der Waals surface area contributed by atoms with E-state index in [0.717, 1.165) is 16.6 Å². The third-order valence-electron chi connectivity index (χ3n) is 3.65. The Morgan fingerprint density at radius 3 is 2.63 bits per heavy atom. The first-order valence-electron chi connectivity index (χ1n) is 6.73. The normalized spacial score (nSPS) is 21.3. The first-order chi connectivity index (χ1) is 8.94. The molecule has 1 aromatic carbocycles. The third kappa shape index (κ3) is 4.62. The molecule has 104 valence electrons. The summed E-state index contributed by atoms with van der Waals surface area (Å²) in [6.45, 7) is 4.96. The highest BCUT2D eigenvalue weighted by Crippen LogP contribution is 2.36. The van der Waals surface area contributed by atoms with Gasteiger partial charge in [-0.1, -0.05) is 29.8 Å². The van der Waals surface area contributed by atoms with Gasteiger partial charge < -0.3 is 10.6 Å². The summed E-state index contributed by atoms with van der Waals surface area (Å²) in [5.74, 6) is 0.0204. The molecule has 1 fully saturated rings. The van der Waals surface area contributed by atoms with Crippen molar-refractivity contribution in [2.24, 2.45) is 5.41 Å². The second-order valence-corrected chi connectivity index (χ2v) is 6.96. The van der Waals surface area contributed by atoms with Gasteiger partial charge in [0.15, 0.2) is 0 Å². The van der Waals surface area contributed by atoms with Crippen LogP contribution in [0.1, 0.15) is 33.1 Å². The maximum atomic E-state index is 11.8. The molecule has 0 aromatic heterocycles. The van der Waals surface area contributed by atoms with E-state index in [9.17, 15) is 4.79 Å². The van der Waals surface area contributed by atoms with Crippen LogP contribution in [0.3, 0.4) is 0 Å². The van der Waals surface area contributed by atoms with Gasteiger partial charge in [-0.25, -0.2) is 0 Å². The molecular formula is C15H21BrN2O. The quantitative estimate of drug-likeness (QED) is 0.889. The summed E-state index contributed by atoms with van der Waals surface area (Å²) in [7, 11) is 0.